The molecule has 5 rings (SSSR count). The van der Waals surface area contributed by atoms with E-state index in [-0.39, 0.29) is 17.6 Å². The average molecular weight is 652 g/mol. The van der Waals surface area contributed by atoms with Crippen molar-refractivity contribution in [1.29, 1.82) is 0 Å². The quantitative estimate of drug-likeness (QED) is 0.112. The van der Waals surface area contributed by atoms with Crippen molar-refractivity contribution in [3.8, 4) is 11.5 Å². The maximum absolute atomic E-state index is 13.6. The fourth-order valence-electron chi connectivity index (χ4n) is 5.58. The monoisotopic (exact) mass is 651 g/mol. The summed E-state index contributed by atoms with van der Waals surface area (Å²) in [5.41, 5.74) is -0.133. The lowest BCUT2D eigenvalue weighted by atomic mass is 9.72. The zero-order valence-electron chi connectivity index (χ0n) is 25.6. The highest BCUT2D eigenvalue weighted by atomic mass is 19.1. The van der Waals surface area contributed by atoms with Crippen molar-refractivity contribution in [2.45, 2.75) is 24.9 Å². The van der Waals surface area contributed by atoms with Gasteiger partial charge in [0.15, 0.2) is 11.5 Å². The van der Waals surface area contributed by atoms with Gasteiger partial charge in [0.25, 0.3) is 0 Å². The summed E-state index contributed by atoms with van der Waals surface area (Å²) in [7, 11) is 1.57. The van der Waals surface area contributed by atoms with Gasteiger partial charge in [-0.15, -0.1) is 0 Å². The standard InChI is InChI=1S/C31H31F2NO5.C4H4O4/c1-37-28-19-21-3-12-30(35)39-27(21)20-29(28)38-18-2-15-34-16-13-24(14-17-34)31(36,22-4-8-25(32)9-5-22)23-6-10-26(33)11-7-23;5-3(6)1-2-4(7)8/h3-12,19-20,24,36H,2,13-18H2,1H3;1-2H,(H,5,6)(H,7,8)/b;2-1+. The van der Waals surface area contributed by atoms with Crippen LogP contribution in [0.3, 0.4) is 0 Å². The van der Waals surface area contributed by atoms with Gasteiger partial charge in [0.1, 0.15) is 22.8 Å². The van der Waals surface area contributed by atoms with Gasteiger partial charge in [0, 0.05) is 36.2 Å². The number of carbonyl (C=O) groups is 2. The number of likely N-dealkylation sites (tertiary alicyclic amines) is 1. The van der Waals surface area contributed by atoms with Crippen LogP contribution in [-0.4, -0.2) is 65.5 Å². The Balaban J connectivity index is 0.000000555. The minimum Gasteiger partial charge on any atom is -0.493 e. The predicted molar refractivity (Wildman–Crippen MR) is 169 cm³/mol. The summed E-state index contributed by atoms with van der Waals surface area (Å²) in [5, 5.41) is 28.4. The molecule has 47 heavy (non-hydrogen) atoms. The van der Waals surface area contributed by atoms with Gasteiger partial charge in [-0.2, -0.15) is 0 Å². The molecule has 2 heterocycles. The van der Waals surface area contributed by atoms with Gasteiger partial charge < -0.3 is 34.1 Å². The average Bonchev–Trinajstić information content (AvgIpc) is 3.06. The van der Waals surface area contributed by atoms with E-state index in [1.54, 1.807) is 49.6 Å². The molecule has 248 valence electrons. The van der Waals surface area contributed by atoms with E-state index in [0.717, 1.165) is 44.3 Å². The summed E-state index contributed by atoms with van der Waals surface area (Å²) < 4.78 is 43.9. The second kappa shape index (κ2) is 16.0. The number of carboxylic acid groups (broad SMARTS) is 2. The summed E-state index contributed by atoms with van der Waals surface area (Å²) >= 11 is 0. The van der Waals surface area contributed by atoms with Gasteiger partial charge in [-0.25, -0.2) is 23.2 Å². The van der Waals surface area contributed by atoms with Crippen LogP contribution in [0.15, 0.2) is 94.2 Å². The van der Waals surface area contributed by atoms with E-state index < -0.39 is 23.2 Å². The Morgan fingerprint density at radius 1 is 0.894 bits per heavy atom. The molecule has 1 saturated heterocycles. The summed E-state index contributed by atoms with van der Waals surface area (Å²) in [6.45, 7) is 2.82. The van der Waals surface area contributed by atoms with Crippen molar-refractivity contribution in [3.63, 3.8) is 0 Å². The first-order valence-corrected chi connectivity index (χ1v) is 14.8. The second-order valence-corrected chi connectivity index (χ2v) is 10.9. The molecule has 0 aliphatic carbocycles. The Bertz CT molecular complexity index is 1680. The number of carboxylic acids is 2. The van der Waals surface area contributed by atoms with Crippen LogP contribution in [-0.2, 0) is 15.2 Å². The van der Waals surface area contributed by atoms with Crippen molar-refractivity contribution >= 4 is 22.9 Å². The molecule has 4 aromatic rings. The molecule has 0 bridgehead atoms. The summed E-state index contributed by atoms with van der Waals surface area (Å²) in [4.78, 5) is 33.0. The summed E-state index contributed by atoms with van der Waals surface area (Å²) in [6.07, 6.45) is 3.34. The highest BCUT2D eigenvalue weighted by Crippen LogP contribution is 2.42. The Kier molecular flexibility index (Phi) is 11.8. The first-order valence-electron chi connectivity index (χ1n) is 14.8. The largest absolute Gasteiger partial charge is 0.493 e. The molecule has 10 nitrogen and oxygen atoms in total. The Hall–Kier alpha value is -5.07. The third-order valence-corrected chi connectivity index (χ3v) is 7.90. The lowest BCUT2D eigenvalue weighted by Gasteiger charge is -2.42. The fraction of sp³-hybridized carbons (Fsp3) is 0.286. The van der Waals surface area contributed by atoms with E-state index in [1.807, 2.05) is 0 Å². The molecule has 0 radical (unpaired) electrons. The molecule has 0 unspecified atom stereocenters. The number of aliphatic carboxylic acids is 2. The first-order chi connectivity index (χ1) is 22.5. The van der Waals surface area contributed by atoms with Crippen LogP contribution in [0.4, 0.5) is 8.78 Å². The van der Waals surface area contributed by atoms with Gasteiger partial charge in [0.2, 0.25) is 0 Å². The predicted octanol–water partition coefficient (Wildman–Crippen LogP) is 5.21. The van der Waals surface area contributed by atoms with Crippen molar-refractivity contribution in [2.75, 3.05) is 33.4 Å². The van der Waals surface area contributed by atoms with Gasteiger partial charge in [0.05, 0.1) is 13.7 Å². The SMILES string of the molecule is COc1cc2ccc(=O)oc2cc1OCCCN1CCC(C(O)(c2ccc(F)cc2)c2ccc(F)cc2)CC1.O=C(O)/C=C/C(=O)O. The summed E-state index contributed by atoms with van der Waals surface area (Å²) in [5.74, 6) is -2.29. The van der Waals surface area contributed by atoms with E-state index in [2.05, 4.69) is 4.90 Å². The molecule has 3 N–H and O–H groups in total. The van der Waals surface area contributed by atoms with Crippen LogP contribution in [0.1, 0.15) is 30.4 Å². The molecule has 12 heteroatoms. The number of piperidine rings is 1. The van der Waals surface area contributed by atoms with Gasteiger partial charge in [-0.3, -0.25) is 0 Å². The van der Waals surface area contributed by atoms with E-state index >= 15 is 0 Å². The first kappa shape index (κ1) is 34.8. The number of methoxy groups -OCH3 is 1. The number of ether oxygens (including phenoxy) is 2. The summed E-state index contributed by atoms with van der Waals surface area (Å²) in [6, 6.07) is 18.3. The zero-order valence-corrected chi connectivity index (χ0v) is 25.6. The maximum atomic E-state index is 13.6. The van der Waals surface area contributed by atoms with Crippen LogP contribution in [0, 0.1) is 17.6 Å². The number of hydrogen-bond donors (Lipinski definition) is 3. The third-order valence-electron chi connectivity index (χ3n) is 7.90. The zero-order chi connectivity index (χ0) is 34.0. The molecular formula is C35H35F2NO9. The Morgan fingerprint density at radius 2 is 1.45 bits per heavy atom. The van der Waals surface area contributed by atoms with Gasteiger partial charge in [-0.1, -0.05) is 24.3 Å². The van der Waals surface area contributed by atoms with Crippen molar-refractivity contribution < 1.29 is 47.6 Å². The Labute approximate surface area is 269 Å². The molecule has 1 aromatic heterocycles. The molecule has 1 aliphatic rings. The van der Waals surface area contributed by atoms with E-state index in [4.69, 9.17) is 24.1 Å². The topological polar surface area (TPSA) is 147 Å². The van der Waals surface area contributed by atoms with Crippen LogP contribution >= 0.6 is 0 Å². The van der Waals surface area contributed by atoms with Crippen LogP contribution in [0.25, 0.3) is 11.0 Å². The lowest BCUT2D eigenvalue weighted by Crippen LogP contribution is -2.44. The molecular weight excluding hydrogens is 616 g/mol. The molecule has 0 amide bonds. The number of aliphatic hydroxyl groups is 1. The third kappa shape index (κ3) is 9.24. The molecule has 1 fully saturated rings. The molecule has 3 aromatic carbocycles. The second-order valence-electron chi connectivity index (χ2n) is 10.9. The molecule has 0 atom stereocenters. The van der Waals surface area contributed by atoms with Crippen molar-refractivity contribution in [2.24, 2.45) is 5.92 Å². The molecule has 0 spiro atoms. The minimum absolute atomic E-state index is 0.113. The highest BCUT2D eigenvalue weighted by Gasteiger charge is 2.41. The normalized spacial score (nSPS) is 14.0. The van der Waals surface area contributed by atoms with E-state index in [1.165, 1.54) is 30.3 Å². The number of halogens is 2. The number of benzene rings is 3. The maximum Gasteiger partial charge on any atom is 0.336 e. The Morgan fingerprint density at radius 3 is 1.96 bits per heavy atom. The van der Waals surface area contributed by atoms with Crippen LogP contribution in [0.2, 0.25) is 0 Å². The number of fused-ring (bicyclic) bond motifs is 1. The minimum atomic E-state index is -1.35. The lowest BCUT2D eigenvalue weighted by molar-refractivity contribution is -0.134. The van der Waals surface area contributed by atoms with Gasteiger partial charge in [-0.05, 0) is 85.8 Å². The smallest absolute Gasteiger partial charge is 0.336 e. The fourth-order valence-corrected chi connectivity index (χ4v) is 5.58. The number of rotatable bonds is 11. The molecule has 0 saturated carbocycles. The van der Waals surface area contributed by atoms with Crippen LogP contribution in [0.5, 0.6) is 11.5 Å². The van der Waals surface area contributed by atoms with E-state index in [0.29, 0.717) is 47.0 Å². The van der Waals surface area contributed by atoms with Crippen LogP contribution < -0.4 is 15.1 Å². The van der Waals surface area contributed by atoms with Gasteiger partial charge >= 0.3 is 17.6 Å². The van der Waals surface area contributed by atoms with Crippen molar-refractivity contribution in [3.05, 3.63) is 118 Å². The number of nitrogens with zero attached hydrogens (tertiary/aromatic N) is 1. The molecule has 1 aliphatic heterocycles. The number of hydrogen-bond acceptors (Lipinski definition) is 8. The van der Waals surface area contributed by atoms with Crippen molar-refractivity contribution in [1.82, 2.24) is 4.90 Å². The highest BCUT2D eigenvalue weighted by molar-refractivity contribution is 5.89. The van der Waals surface area contributed by atoms with E-state index in [9.17, 15) is 28.3 Å².